The average molecular weight is 224 g/mol. The fourth-order valence-corrected chi connectivity index (χ4v) is 0.978. The van der Waals surface area contributed by atoms with Crippen LogP contribution in [0.25, 0.3) is 0 Å². The maximum atomic E-state index is 11.9. The summed E-state index contributed by atoms with van der Waals surface area (Å²) < 4.78 is 35.6. The highest BCUT2D eigenvalue weighted by molar-refractivity contribution is 5.88. The van der Waals surface area contributed by atoms with E-state index in [1.54, 1.807) is 0 Å². The van der Waals surface area contributed by atoms with Gasteiger partial charge in [-0.25, -0.2) is 0 Å². The molecule has 0 saturated carbocycles. The van der Waals surface area contributed by atoms with Crippen LogP contribution in [-0.4, -0.2) is 23.0 Å². The van der Waals surface area contributed by atoms with Crippen molar-refractivity contribution in [1.29, 1.82) is 0 Å². The lowest BCUT2D eigenvalue weighted by atomic mass is 9.89. The number of halogens is 3. The van der Waals surface area contributed by atoms with Gasteiger partial charge in [0.15, 0.2) is 0 Å². The summed E-state index contributed by atoms with van der Waals surface area (Å²) in [5.41, 5.74) is 0. The van der Waals surface area contributed by atoms with Crippen molar-refractivity contribution in [3.05, 3.63) is 12.7 Å². The Morgan fingerprint density at radius 1 is 1.47 bits per heavy atom. The van der Waals surface area contributed by atoms with Gasteiger partial charge < -0.3 is 5.11 Å². The molecule has 86 valence electrons. The minimum atomic E-state index is -4.98. The Kier molecular flexibility index (Phi) is 4.51. The van der Waals surface area contributed by atoms with E-state index in [0.717, 1.165) is 0 Å². The molecule has 0 aromatic heterocycles. The third-order valence-corrected chi connectivity index (χ3v) is 2.05. The van der Waals surface area contributed by atoms with Crippen LogP contribution in [0.5, 0.6) is 0 Å². The average Bonchev–Trinajstić information content (AvgIpc) is 2.10. The first-order chi connectivity index (χ1) is 6.70. The molecule has 0 aliphatic rings. The van der Waals surface area contributed by atoms with Crippen molar-refractivity contribution < 1.29 is 27.9 Å². The molecule has 0 rings (SSSR count). The number of carbonyl (C=O) groups excluding carboxylic acids is 1. The summed E-state index contributed by atoms with van der Waals surface area (Å²) in [7, 11) is 0. The number of hydrogen-bond acceptors (Lipinski definition) is 2. The van der Waals surface area contributed by atoms with Crippen LogP contribution in [0.2, 0.25) is 0 Å². The number of carboxylic acid groups (broad SMARTS) is 1. The molecule has 6 heteroatoms. The van der Waals surface area contributed by atoms with Crippen molar-refractivity contribution in [3.8, 4) is 0 Å². The molecule has 0 spiro atoms. The first-order valence-electron chi connectivity index (χ1n) is 4.15. The van der Waals surface area contributed by atoms with Crippen molar-refractivity contribution >= 4 is 11.8 Å². The number of aliphatic carboxylic acids is 1. The van der Waals surface area contributed by atoms with E-state index in [0.29, 0.717) is 0 Å². The van der Waals surface area contributed by atoms with E-state index in [1.807, 2.05) is 0 Å². The summed E-state index contributed by atoms with van der Waals surface area (Å²) in [6.07, 6.45) is -4.82. The molecule has 15 heavy (non-hydrogen) atoms. The Bertz CT molecular complexity index is 270. The van der Waals surface area contributed by atoms with Crippen LogP contribution in [0.4, 0.5) is 13.2 Å². The molecular weight excluding hydrogens is 213 g/mol. The Morgan fingerprint density at radius 3 is 2.20 bits per heavy atom. The van der Waals surface area contributed by atoms with Crippen LogP contribution >= 0.6 is 0 Å². The van der Waals surface area contributed by atoms with Crippen molar-refractivity contribution in [2.45, 2.75) is 19.5 Å². The minimum absolute atomic E-state index is 0.686. The Hall–Kier alpha value is -1.33. The largest absolute Gasteiger partial charge is 0.481 e. The summed E-state index contributed by atoms with van der Waals surface area (Å²) in [5.74, 6) is -5.52. The van der Waals surface area contributed by atoms with Gasteiger partial charge in [0.05, 0.1) is 5.92 Å². The second-order valence-corrected chi connectivity index (χ2v) is 3.16. The zero-order chi connectivity index (χ0) is 12.2. The van der Waals surface area contributed by atoms with Gasteiger partial charge in [-0.1, -0.05) is 13.0 Å². The normalized spacial score (nSPS) is 15.5. The fraction of sp³-hybridized carbons (Fsp3) is 0.556. The predicted molar refractivity (Wildman–Crippen MR) is 46.2 cm³/mol. The zero-order valence-electron chi connectivity index (χ0n) is 8.04. The molecule has 0 heterocycles. The fourth-order valence-electron chi connectivity index (χ4n) is 0.978. The van der Waals surface area contributed by atoms with Gasteiger partial charge in [0, 0.05) is 6.42 Å². The SMILES string of the molecule is C=C[C@@H](C)C(CC(=O)C(F)(F)F)C(=O)O. The number of rotatable bonds is 5. The van der Waals surface area contributed by atoms with Gasteiger partial charge in [-0.05, 0) is 5.92 Å². The Balaban J connectivity index is 4.64. The lowest BCUT2D eigenvalue weighted by Gasteiger charge is -2.16. The predicted octanol–water partition coefficient (Wildman–Crippen LogP) is 2.03. The highest BCUT2D eigenvalue weighted by Gasteiger charge is 2.41. The highest BCUT2D eigenvalue weighted by atomic mass is 19.4. The number of carbonyl (C=O) groups is 2. The molecule has 1 unspecified atom stereocenters. The second-order valence-electron chi connectivity index (χ2n) is 3.16. The Morgan fingerprint density at radius 2 is 1.93 bits per heavy atom. The van der Waals surface area contributed by atoms with Gasteiger partial charge in [0.1, 0.15) is 0 Å². The van der Waals surface area contributed by atoms with Crippen molar-refractivity contribution in [2.24, 2.45) is 11.8 Å². The van der Waals surface area contributed by atoms with Gasteiger partial charge in [0.2, 0.25) is 5.78 Å². The van der Waals surface area contributed by atoms with Crippen LogP contribution in [0.15, 0.2) is 12.7 Å². The van der Waals surface area contributed by atoms with Gasteiger partial charge in [-0.3, -0.25) is 9.59 Å². The van der Waals surface area contributed by atoms with E-state index in [2.05, 4.69) is 6.58 Å². The molecule has 0 amide bonds. The highest BCUT2D eigenvalue weighted by Crippen LogP contribution is 2.24. The molecule has 0 aromatic rings. The summed E-state index contributed by atoms with van der Waals surface area (Å²) >= 11 is 0. The Labute approximate surface area is 84.6 Å². The van der Waals surface area contributed by atoms with Crippen LogP contribution in [0.3, 0.4) is 0 Å². The lowest BCUT2D eigenvalue weighted by Crippen LogP contribution is -2.30. The number of ketones is 1. The van der Waals surface area contributed by atoms with Crippen molar-refractivity contribution in [3.63, 3.8) is 0 Å². The second kappa shape index (κ2) is 4.95. The first kappa shape index (κ1) is 13.7. The molecular formula is C9H11F3O3. The van der Waals surface area contributed by atoms with E-state index in [-0.39, 0.29) is 0 Å². The minimum Gasteiger partial charge on any atom is -0.481 e. The van der Waals surface area contributed by atoms with Crippen LogP contribution < -0.4 is 0 Å². The summed E-state index contributed by atoms with van der Waals surface area (Å²) in [4.78, 5) is 21.2. The summed E-state index contributed by atoms with van der Waals surface area (Å²) in [6, 6.07) is 0. The summed E-state index contributed by atoms with van der Waals surface area (Å²) in [6.45, 7) is 4.68. The lowest BCUT2D eigenvalue weighted by molar-refractivity contribution is -0.173. The molecule has 0 aliphatic heterocycles. The monoisotopic (exact) mass is 224 g/mol. The van der Waals surface area contributed by atoms with E-state index in [1.165, 1.54) is 13.0 Å². The van der Waals surface area contributed by atoms with Crippen LogP contribution in [0.1, 0.15) is 13.3 Å². The van der Waals surface area contributed by atoms with Crippen molar-refractivity contribution in [2.75, 3.05) is 0 Å². The number of hydrogen-bond donors (Lipinski definition) is 1. The molecule has 1 N–H and O–H groups in total. The third-order valence-electron chi connectivity index (χ3n) is 2.05. The molecule has 0 bridgehead atoms. The number of allylic oxidation sites excluding steroid dienone is 1. The standard InChI is InChI=1S/C9H11F3O3/c1-3-5(2)6(8(14)15)4-7(13)9(10,11)12/h3,5-6H,1,4H2,2H3,(H,14,15)/t5-,6?/m1/s1. The van der Waals surface area contributed by atoms with Crippen molar-refractivity contribution in [1.82, 2.24) is 0 Å². The molecule has 0 aromatic carbocycles. The molecule has 0 aliphatic carbocycles. The zero-order valence-corrected chi connectivity index (χ0v) is 8.04. The van der Waals surface area contributed by atoms with Gasteiger partial charge >= 0.3 is 12.1 Å². The number of carboxylic acids is 1. The van der Waals surface area contributed by atoms with E-state index < -0.39 is 36.2 Å². The quantitative estimate of drug-likeness (QED) is 0.727. The summed E-state index contributed by atoms with van der Waals surface area (Å²) in [5, 5.41) is 8.62. The topological polar surface area (TPSA) is 54.4 Å². The van der Waals surface area contributed by atoms with E-state index in [9.17, 15) is 22.8 Å². The molecule has 0 fully saturated rings. The molecule has 2 atom stereocenters. The first-order valence-corrected chi connectivity index (χ1v) is 4.15. The smallest absolute Gasteiger partial charge is 0.449 e. The maximum Gasteiger partial charge on any atom is 0.449 e. The molecule has 0 saturated heterocycles. The molecule has 0 radical (unpaired) electrons. The van der Waals surface area contributed by atoms with Crippen LogP contribution in [0, 0.1) is 11.8 Å². The van der Waals surface area contributed by atoms with Gasteiger partial charge in [0.25, 0.3) is 0 Å². The van der Waals surface area contributed by atoms with Gasteiger partial charge in [-0.15, -0.1) is 6.58 Å². The van der Waals surface area contributed by atoms with Gasteiger partial charge in [-0.2, -0.15) is 13.2 Å². The number of alkyl halides is 3. The maximum absolute atomic E-state index is 11.9. The third kappa shape index (κ3) is 4.14. The molecule has 3 nitrogen and oxygen atoms in total. The van der Waals surface area contributed by atoms with Crippen LogP contribution in [-0.2, 0) is 9.59 Å². The number of Topliss-reactive ketones (excluding diaryl/α,β-unsaturated/α-hetero) is 1. The van der Waals surface area contributed by atoms with E-state index in [4.69, 9.17) is 5.11 Å². The van der Waals surface area contributed by atoms with E-state index >= 15 is 0 Å².